The van der Waals surface area contributed by atoms with Crippen molar-refractivity contribution in [2.45, 2.75) is 31.7 Å². The number of benzene rings is 1. The molecule has 21 heavy (non-hydrogen) atoms. The second-order valence-corrected chi connectivity index (χ2v) is 5.38. The molecule has 1 aromatic carbocycles. The van der Waals surface area contributed by atoms with E-state index < -0.39 is 0 Å². The van der Waals surface area contributed by atoms with Crippen LogP contribution in [0.15, 0.2) is 18.2 Å². The van der Waals surface area contributed by atoms with Crippen molar-refractivity contribution in [2.75, 3.05) is 12.8 Å². The number of nitrogen functional groups attached to an aromatic ring is 1. The molecule has 0 heterocycles. The predicted molar refractivity (Wildman–Crippen MR) is 79.8 cm³/mol. The molecule has 1 aliphatic rings. The smallest absolute Gasteiger partial charge is 0.253 e. The van der Waals surface area contributed by atoms with Crippen LogP contribution in [0.25, 0.3) is 0 Å². The molecule has 1 fully saturated rings. The number of primary amides is 1. The van der Waals surface area contributed by atoms with Gasteiger partial charge in [0, 0.05) is 23.7 Å². The van der Waals surface area contributed by atoms with E-state index in [2.05, 4.69) is 5.32 Å². The first-order chi connectivity index (χ1) is 10.0. The van der Waals surface area contributed by atoms with E-state index in [1.54, 1.807) is 25.3 Å². The van der Waals surface area contributed by atoms with Crippen LogP contribution in [0.5, 0.6) is 5.75 Å². The van der Waals surface area contributed by atoms with Gasteiger partial charge in [-0.1, -0.05) is 0 Å². The number of carbonyl (C=O) groups is 2. The monoisotopic (exact) mass is 291 g/mol. The molecule has 0 unspecified atom stereocenters. The lowest BCUT2D eigenvalue weighted by atomic mass is 9.85. The predicted octanol–water partition coefficient (Wildman–Crippen LogP) is 1.05. The van der Waals surface area contributed by atoms with Crippen molar-refractivity contribution in [1.82, 2.24) is 5.32 Å². The highest BCUT2D eigenvalue weighted by atomic mass is 16.5. The Morgan fingerprint density at radius 1 is 1.24 bits per heavy atom. The SMILES string of the molecule is COc1ccc(C(=O)NC2CCC(C(N)=O)CC2)c(N)c1. The minimum atomic E-state index is -0.251. The summed E-state index contributed by atoms with van der Waals surface area (Å²) in [7, 11) is 1.55. The number of carbonyl (C=O) groups excluding carboxylic acids is 2. The molecule has 2 rings (SSSR count). The third-order valence-corrected chi connectivity index (χ3v) is 3.97. The Morgan fingerprint density at radius 3 is 2.43 bits per heavy atom. The topological polar surface area (TPSA) is 107 Å². The number of hydrogen-bond donors (Lipinski definition) is 3. The van der Waals surface area contributed by atoms with Gasteiger partial charge in [0.1, 0.15) is 5.75 Å². The Kier molecular flexibility index (Phi) is 4.67. The molecule has 0 atom stereocenters. The largest absolute Gasteiger partial charge is 0.497 e. The third-order valence-electron chi connectivity index (χ3n) is 3.97. The summed E-state index contributed by atoms with van der Waals surface area (Å²) in [5.74, 6) is 0.104. The fourth-order valence-electron chi connectivity index (χ4n) is 2.66. The lowest BCUT2D eigenvalue weighted by Crippen LogP contribution is -2.40. The quantitative estimate of drug-likeness (QED) is 0.721. The summed E-state index contributed by atoms with van der Waals surface area (Å²) in [4.78, 5) is 23.3. The summed E-state index contributed by atoms with van der Waals surface area (Å²) in [5, 5.41) is 2.96. The maximum atomic E-state index is 12.2. The summed E-state index contributed by atoms with van der Waals surface area (Å²) >= 11 is 0. The van der Waals surface area contributed by atoms with Crippen molar-refractivity contribution in [3.63, 3.8) is 0 Å². The first-order valence-electron chi connectivity index (χ1n) is 7.05. The lowest BCUT2D eigenvalue weighted by Gasteiger charge is -2.27. The molecule has 1 saturated carbocycles. The number of methoxy groups -OCH3 is 1. The van der Waals surface area contributed by atoms with Crippen LogP contribution >= 0.6 is 0 Å². The van der Waals surface area contributed by atoms with E-state index in [-0.39, 0.29) is 23.8 Å². The fraction of sp³-hybridized carbons (Fsp3) is 0.467. The molecule has 114 valence electrons. The van der Waals surface area contributed by atoms with Crippen molar-refractivity contribution in [1.29, 1.82) is 0 Å². The zero-order valence-electron chi connectivity index (χ0n) is 12.1. The number of nitrogens with one attached hydrogen (secondary N) is 1. The van der Waals surface area contributed by atoms with E-state index in [1.165, 1.54) is 0 Å². The van der Waals surface area contributed by atoms with Gasteiger partial charge in [-0.2, -0.15) is 0 Å². The van der Waals surface area contributed by atoms with Crippen molar-refractivity contribution in [2.24, 2.45) is 11.7 Å². The second kappa shape index (κ2) is 6.47. The normalized spacial score (nSPS) is 21.6. The molecule has 0 radical (unpaired) electrons. The van der Waals surface area contributed by atoms with Gasteiger partial charge in [-0.15, -0.1) is 0 Å². The van der Waals surface area contributed by atoms with Gasteiger partial charge in [0.15, 0.2) is 0 Å². The molecular formula is C15H21N3O3. The van der Waals surface area contributed by atoms with Gasteiger partial charge in [-0.05, 0) is 37.8 Å². The number of nitrogens with two attached hydrogens (primary N) is 2. The number of hydrogen-bond acceptors (Lipinski definition) is 4. The number of amides is 2. The average molecular weight is 291 g/mol. The Bertz CT molecular complexity index is 537. The molecule has 1 aliphatic carbocycles. The number of rotatable bonds is 4. The van der Waals surface area contributed by atoms with Crippen LogP contribution in [0, 0.1) is 5.92 Å². The van der Waals surface area contributed by atoms with E-state index in [4.69, 9.17) is 16.2 Å². The highest BCUT2D eigenvalue weighted by Crippen LogP contribution is 2.25. The van der Waals surface area contributed by atoms with E-state index in [9.17, 15) is 9.59 Å². The minimum Gasteiger partial charge on any atom is -0.497 e. The van der Waals surface area contributed by atoms with Crippen LogP contribution in [0.3, 0.4) is 0 Å². The van der Waals surface area contributed by atoms with E-state index in [1.807, 2.05) is 0 Å². The van der Waals surface area contributed by atoms with Crippen molar-refractivity contribution >= 4 is 17.5 Å². The molecule has 0 saturated heterocycles. The molecule has 6 nitrogen and oxygen atoms in total. The van der Waals surface area contributed by atoms with E-state index in [0.717, 1.165) is 25.7 Å². The third kappa shape index (κ3) is 3.65. The zero-order valence-corrected chi connectivity index (χ0v) is 12.1. The maximum absolute atomic E-state index is 12.2. The van der Waals surface area contributed by atoms with Crippen LogP contribution in [0.4, 0.5) is 5.69 Å². The summed E-state index contributed by atoms with van der Waals surface area (Å²) < 4.78 is 5.06. The minimum absolute atomic E-state index is 0.0644. The summed E-state index contributed by atoms with van der Waals surface area (Å²) in [6, 6.07) is 5.04. The first-order valence-corrected chi connectivity index (χ1v) is 7.05. The first kappa shape index (κ1) is 15.2. The Balaban J connectivity index is 1.95. The fourth-order valence-corrected chi connectivity index (χ4v) is 2.66. The van der Waals surface area contributed by atoms with Crippen molar-refractivity contribution < 1.29 is 14.3 Å². The molecular weight excluding hydrogens is 270 g/mol. The molecule has 2 amide bonds. The van der Waals surface area contributed by atoms with E-state index in [0.29, 0.717) is 17.0 Å². The van der Waals surface area contributed by atoms with E-state index >= 15 is 0 Å². The van der Waals surface area contributed by atoms with Gasteiger partial charge < -0.3 is 21.5 Å². The average Bonchev–Trinajstić information content (AvgIpc) is 2.47. The molecule has 0 aromatic heterocycles. The Hall–Kier alpha value is -2.24. The molecule has 1 aromatic rings. The van der Waals surface area contributed by atoms with Gasteiger partial charge in [0.2, 0.25) is 5.91 Å². The molecule has 5 N–H and O–H groups in total. The number of anilines is 1. The summed E-state index contributed by atoms with van der Waals surface area (Å²) in [6.45, 7) is 0. The Labute approximate surface area is 123 Å². The highest BCUT2D eigenvalue weighted by molar-refractivity contribution is 5.99. The summed E-state index contributed by atoms with van der Waals surface area (Å²) in [5.41, 5.74) is 12.0. The maximum Gasteiger partial charge on any atom is 0.253 e. The second-order valence-electron chi connectivity index (χ2n) is 5.38. The van der Waals surface area contributed by atoms with Crippen LogP contribution < -0.4 is 21.5 Å². The molecule has 6 heteroatoms. The van der Waals surface area contributed by atoms with Crippen LogP contribution in [-0.4, -0.2) is 25.0 Å². The highest BCUT2D eigenvalue weighted by Gasteiger charge is 2.26. The van der Waals surface area contributed by atoms with Crippen LogP contribution in [0.1, 0.15) is 36.0 Å². The van der Waals surface area contributed by atoms with Gasteiger partial charge in [0.25, 0.3) is 5.91 Å². The van der Waals surface area contributed by atoms with Crippen molar-refractivity contribution in [3.8, 4) is 5.75 Å². The molecule has 0 bridgehead atoms. The van der Waals surface area contributed by atoms with Crippen LogP contribution in [0.2, 0.25) is 0 Å². The lowest BCUT2D eigenvalue weighted by molar-refractivity contribution is -0.122. The van der Waals surface area contributed by atoms with Crippen molar-refractivity contribution in [3.05, 3.63) is 23.8 Å². The molecule has 0 spiro atoms. The van der Waals surface area contributed by atoms with Gasteiger partial charge >= 0.3 is 0 Å². The Morgan fingerprint density at radius 2 is 1.90 bits per heavy atom. The van der Waals surface area contributed by atoms with Gasteiger partial charge in [-0.25, -0.2) is 0 Å². The van der Waals surface area contributed by atoms with Gasteiger partial charge in [0.05, 0.1) is 12.7 Å². The molecule has 0 aliphatic heterocycles. The number of ether oxygens (including phenoxy) is 1. The van der Waals surface area contributed by atoms with Crippen LogP contribution in [-0.2, 0) is 4.79 Å². The standard InChI is InChI=1S/C15H21N3O3/c1-21-11-6-7-12(13(16)8-11)15(20)18-10-4-2-9(3-5-10)14(17)19/h6-10H,2-5,16H2,1H3,(H2,17,19)(H,18,20). The summed E-state index contributed by atoms with van der Waals surface area (Å²) in [6.07, 6.45) is 2.96. The van der Waals surface area contributed by atoms with Gasteiger partial charge in [-0.3, -0.25) is 9.59 Å². The zero-order chi connectivity index (χ0) is 15.4.